The Hall–Kier alpha value is -2.18. The molecule has 2 aromatic carbocycles. The predicted molar refractivity (Wildman–Crippen MR) is 104 cm³/mol. The molecule has 0 saturated heterocycles. The third-order valence-corrected chi connectivity index (χ3v) is 4.43. The van der Waals surface area contributed by atoms with Crippen LogP contribution in [0.1, 0.15) is 11.4 Å². The molecule has 0 unspecified atom stereocenters. The summed E-state index contributed by atoms with van der Waals surface area (Å²) in [6, 6.07) is 9.45. The number of aromatic nitrogens is 2. The first-order chi connectivity index (χ1) is 12.0. The second-order valence-electron chi connectivity index (χ2n) is 5.20. The minimum absolute atomic E-state index is 0.474. The van der Waals surface area contributed by atoms with E-state index < -0.39 is 0 Å². The Morgan fingerprint density at radius 2 is 1.76 bits per heavy atom. The highest BCUT2D eigenvalue weighted by molar-refractivity contribution is 9.10. The number of benzene rings is 2. The van der Waals surface area contributed by atoms with Gasteiger partial charge in [0.05, 0.1) is 37.4 Å². The van der Waals surface area contributed by atoms with Gasteiger partial charge < -0.3 is 19.2 Å². The molecule has 0 fully saturated rings. The zero-order chi connectivity index (χ0) is 18.0. The van der Waals surface area contributed by atoms with Crippen molar-refractivity contribution >= 4 is 49.7 Å². The topological polar surface area (TPSA) is 56.4 Å². The zero-order valence-corrected chi connectivity index (χ0v) is 16.2. The number of halogens is 2. The maximum Gasteiger partial charge on any atom is 0.203 e. The highest BCUT2D eigenvalue weighted by atomic mass is 79.9. The number of imidazole rings is 1. The summed E-state index contributed by atoms with van der Waals surface area (Å²) in [5.74, 6) is 2.24. The van der Waals surface area contributed by atoms with Gasteiger partial charge in [0.25, 0.3) is 0 Å². The molecule has 0 aliphatic heterocycles. The Morgan fingerprint density at radius 1 is 1.08 bits per heavy atom. The van der Waals surface area contributed by atoms with Crippen LogP contribution in [0.2, 0.25) is 0 Å². The van der Waals surface area contributed by atoms with Gasteiger partial charge in [0.1, 0.15) is 5.82 Å². The number of hydrogen-bond acceptors (Lipinski definition) is 4. The molecule has 0 radical (unpaired) electrons. The summed E-state index contributed by atoms with van der Waals surface area (Å²) in [5, 5.41) is 0.474. The molecule has 0 bridgehead atoms. The van der Waals surface area contributed by atoms with Crippen LogP contribution in [0.5, 0.6) is 17.2 Å². The minimum atomic E-state index is 0.474. The largest absolute Gasteiger partial charge is 0.493 e. The van der Waals surface area contributed by atoms with Gasteiger partial charge in [-0.3, -0.25) is 0 Å². The fraction of sp³-hybridized carbons (Fsp3) is 0.167. The molecule has 3 aromatic rings. The summed E-state index contributed by atoms with van der Waals surface area (Å²) < 4.78 is 17.0. The van der Waals surface area contributed by atoms with E-state index in [2.05, 4.69) is 25.9 Å². The van der Waals surface area contributed by atoms with Crippen molar-refractivity contribution in [3.63, 3.8) is 0 Å². The second-order valence-corrected chi connectivity index (χ2v) is 6.52. The minimum Gasteiger partial charge on any atom is -0.493 e. The molecule has 1 aromatic heterocycles. The van der Waals surface area contributed by atoms with Gasteiger partial charge in [-0.1, -0.05) is 27.5 Å². The summed E-state index contributed by atoms with van der Waals surface area (Å²) in [7, 11) is 4.71. The van der Waals surface area contributed by atoms with Crippen molar-refractivity contribution < 1.29 is 14.2 Å². The van der Waals surface area contributed by atoms with Gasteiger partial charge in [-0.15, -0.1) is 0 Å². The molecule has 3 rings (SSSR count). The average Bonchev–Trinajstić information content (AvgIpc) is 3.04. The van der Waals surface area contributed by atoms with Crippen LogP contribution in [0.4, 0.5) is 0 Å². The van der Waals surface area contributed by atoms with E-state index in [1.807, 2.05) is 30.3 Å². The van der Waals surface area contributed by atoms with Crippen LogP contribution in [0, 0.1) is 0 Å². The lowest BCUT2D eigenvalue weighted by molar-refractivity contribution is 0.324. The maximum atomic E-state index is 6.46. The smallest absolute Gasteiger partial charge is 0.203 e. The summed E-state index contributed by atoms with van der Waals surface area (Å²) in [6.07, 6.45) is 1.79. The quantitative estimate of drug-likeness (QED) is 0.621. The molecule has 0 aliphatic carbocycles. The molecule has 1 N–H and O–H groups in total. The first-order valence-corrected chi connectivity index (χ1v) is 8.55. The molecule has 1 heterocycles. The number of rotatable bonds is 5. The highest BCUT2D eigenvalue weighted by Crippen LogP contribution is 2.39. The molecule has 25 heavy (non-hydrogen) atoms. The second kappa shape index (κ2) is 7.37. The van der Waals surface area contributed by atoms with Crippen molar-refractivity contribution in [3.8, 4) is 17.2 Å². The van der Waals surface area contributed by atoms with Crippen molar-refractivity contribution in [2.45, 2.75) is 0 Å². The van der Waals surface area contributed by atoms with E-state index >= 15 is 0 Å². The van der Waals surface area contributed by atoms with Gasteiger partial charge in [-0.25, -0.2) is 4.98 Å². The van der Waals surface area contributed by atoms with Gasteiger partial charge in [0, 0.05) is 4.47 Å². The fourth-order valence-corrected chi connectivity index (χ4v) is 3.07. The van der Waals surface area contributed by atoms with Crippen LogP contribution in [-0.2, 0) is 0 Å². The Morgan fingerprint density at radius 3 is 2.36 bits per heavy atom. The van der Waals surface area contributed by atoms with Crippen LogP contribution in [-0.4, -0.2) is 31.3 Å². The van der Waals surface area contributed by atoms with Crippen molar-refractivity contribution in [1.82, 2.24) is 9.97 Å². The first kappa shape index (κ1) is 17.6. The van der Waals surface area contributed by atoms with Crippen LogP contribution in [0.3, 0.4) is 0 Å². The average molecular weight is 424 g/mol. The monoisotopic (exact) mass is 422 g/mol. The van der Waals surface area contributed by atoms with Crippen molar-refractivity contribution in [1.29, 1.82) is 0 Å². The molecule has 5 nitrogen and oxygen atoms in total. The number of H-pyrrole nitrogens is 1. The summed E-state index contributed by atoms with van der Waals surface area (Å²) in [5.41, 5.74) is 2.55. The van der Waals surface area contributed by atoms with Gasteiger partial charge in [-0.2, -0.15) is 0 Å². The highest BCUT2D eigenvalue weighted by Gasteiger charge is 2.13. The van der Waals surface area contributed by atoms with Crippen LogP contribution in [0.15, 0.2) is 34.8 Å². The van der Waals surface area contributed by atoms with Crippen LogP contribution in [0.25, 0.3) is 22.1 Å². The number of aromatic amines is 1. The molecule has 0 saturated carbocycles. The molecule has 7 heteroatoms. The first-order valence-electron chi connectivity index (χ1n) is 7.38. The number of fused-ring (bicyclic) bond motifs is 1. The van der Waals surface area contributed by atoms with Gasteiger partial charge in [0.2, 0.25) is 5.75 Å². The SMILES string of the molecule is COc1cc(/C=C(\Cl)c2nc3ccc(Br)cc3[nH]2)cc(OC)c1OC. The third kappa shape index (κ3) is 3.60. The van der Waals surface area contributed by atoms with E-state index in [-0.39, 0.29) is 0 Å². The lowest BCUT2D eigenvalue weighted by Gasteiger charge is -2.13. The summed E-state index contributed by atoms with van der Waals surface area (Å²) in [4.78, 5) is 7.71. The van der Waals surface area contributed by atoms with Gasteiger partial charge in [-0.05, 0) is 42.0 Å². The van der Waals surface area contributed by atoms with Gasteiger partial charge >= 0.3 is 0 Å². The van der Waals surface area contributed by atoms with Crippen molar-refractivity contribution in [2.75, 3.05) is 21.3 Å². The summed E-state index contributed by atoms with van der Waals surface area (Å²) in [6.45, 7) is 0. The van der Waals surface area contributed by atoms with E-state index in [4.69, 9.17) is 25.8 Å². The van der Waals surface area contributed by atoms with Gasteiger partial charge in [0.15, 0.2) is 11.5 Å². The molecule has 0 amide bonds. The molecule has 130 valence electrons. The maximum absolute atomic E-state index is 6.46. The molecule has 0 spiro atoms. The molecule has 0 atom stereocenters. The normalized spacial score (nSPS) is 11.6. The zero-order valence-electron chi connectivity index (χ0n) is 13.9. The number of ether oxygens (including phenoxy) is 3. The standard InChI is InChI=1S/C18H16BrClN2O3/c1-23-15-7-10(8-16(24-2)17(15)25-3)6-12(20)18-21-13-5-4-11(19)9-14(13)22-18/h4-9H,1-3H3,(H,21,22)/b12-6-. The van der Waals surface area contributed by atoms with E-state index in [1.54, 1.807) is 27.4 Å². The third-order valence-electron chi connectivity index (χ3n) is 3.65. The van der Waals surface area contributed by atoms with Crippen molar-refractivity contribution in [3.05, 3.63) is 46.2 Å². The van der Waals surface area contributed by atoms with E-state index in [0.717, 1.165) is 21.1 Å². The molecular weight excluding hydrogens is 408 g/mol. The fourth-order valence-electron chi connectivity index (χ4n) is 2.49. The van der Waals surface area contributed by atoms with Crippen LogP contribution < -0.4 is 14.2 Å². The molecule has 0 aliphatic rings. The van der Waals surface area contributed by atoms with E-state index in [0.29, 0.717) is 28.1 Å². The number of nitrogens with zero attached hydrogens (tertiary/aromatic N) is 1. The number of hydrogen-bond donors (Lipinski definition) is 1. The van der Waals surface area contributed by atoms with Crippen LogP contribution >= 0.6 is 27.5 Å². The number of methoxy groups -OCH3 is 3. The Bertz CT molecular complexity index is 928. The lowest BCUT2D eigenvalue weighted by atomic mass is 10.1. The lowest BCUT2D eigenvalue weighted by Crippen LogP contribution is -1.95. The van der Waals surface area contributed by atoms with E-state index in [1.165, 1.54) is 0 Å². The Balaban J connectivity index is 2.03. The van der Waals surface area contributed by atoms with Crippen molar-refractivity contribution in [2.24, 2.45) is 0 Å². The Labute approximate surface area is 158 Å². The predicted octanol–water partition coefficient (Wildman–Crippen LogP) is 5.09. The summed E-state index contributed by atoms with van der Waals surface area (Å²) >= 11 is 9.90. The van der Waals surface area contributed by atoms with E-state index in [9.17, 15) is 0 Å². The molecular formula is C18H16BrClN2O3. The Kier molecular flexibility index (Phi) is 5.20. The number of nitrogens with one attached hydrogen (secondary N) is 1.